The number of hydrogen-bond donors (Lipinski definition) is 1. The summed E-state index contributed by atoms with van der Waals surface area (Å²) in [5.74, 6) is 0. The van der Waals surface area contributed by atoms with Crippen LogP contribution in [0.25, 0.3) is 0 Å². The van der Waals surface area contributed by atoms with Crippen molar-refractivity contribution in [3.63, 3.8) is 0 Å². The first-order valence-electron chi connectivity index (χ1n) is 6.33. The molecule has 0 aliphatic carbocycles. The zero-order chi connectivity index (χ0) is 13.9. The molecule has 1 unspecified atom stereocenters. The van der Waals surface area contributed by atoms with Crippen molar-refractivity contribution < 1.29 is 8.42 Å². The Hall–Kier alpha value is -1.11. The highest BCUT2D eigenvalue weighted by molar-refractivity contribution is 7.90. The maximum absolute atomic E-state index is 11.8. The summed E-state index contributed by atoms with van der Waals surface area (Å²) in [7, 11) is -3.51. The highest BCUT2D eigenvalue weighted by Crippen LogP contribution is 2.08. The highest BCUT2D eigenvalue weighted by atomic mass is 32.2. The van der Waals surface area contributed by atoms with E-state index in [4.69, 9.17) is 10.5 Å². The Morgan fingerprint density at radius 2 is 1.89 bits per heavy atom. The Balaban J connectivity index is 3.99. The van der Waals surface area contributed by atoms with Gasteiger partial charge in [0.1, 0.15) is 0 Å². The van der Waals surface area contributed by atoms with Crippen LogP contribution in [0.1, 0.15) is 51.9 Å². The number of sulfonamides is 1. The minimum atomic E-state index is -3.51. The first-order chi connectivity index (χ1) is 8.58. The van der Waals surface area contributed by atoms with Crippen molar-refractivity contribution in [2.24, 2.45) is 0 Å². The second-order valence-electron chi connectivity index (χ2n) is 4.17. The van der Waals surface area contributed by atoms with Gasteiger partial charge in [-0.05, 0) is 19.3 Å². The minimum Gasteiger partial charge on any atom is -0.214 e. The standard InChI is InChI=1S/C12H21N3O2S/c1-2-3-8-12(11-14)18(16,17)15-10-7-5-4-6-9-13/h12,15H,2-8,10H2,1H3. The van der Waals surface area contributed by atoms with Crippen LogP contribution in [-0.2, 0) is 10.0 Å². The zero-order valence-electron chi connectivity index (χ0n) is 10.9. The van der Waals surface area contributed by atoms with Gasteiger partial charge < -0.3 is 0 Å². The molecule has 0 rings (SSSR count). The summed E-state index contributed by atoms with van der Waals surface area (Å²) in [4.78, 5) is 0. The SMILES string of the molecule is CCCCC(C#N)S(=O)(=O)NCCCCCC#N. The van der Waals surface area contributed by atoms with E-state index < -0.39 is 15.3 Å². The third kappa shape index (κ3) is 7.26. The van der Waals surface area contributed by atoms with Gasteiger partial charge in [0, 0.05) is 13.0 Å². The van der Waals surface area contributed by atoms with Crippen LogP contribution in [0.4, 0.5) is 0 Å². The number of nitrogens with one attached hydrogen (secondary N) is 1. The summed E-state index contributed by atoms with van der Waals surface area (Å²) in [6.45, 7) is 2.31. The molecule has 0 aliphatic heterocycles. The summed E-state index contributed by atoms with van der Waals surface area (Å²) in [5.41, 5.74) is 0. The summed E-state index contributed by atoms with van der Waals surface area (Å²) in [6, 6.07) is 3.89. The second-order valence-corrected chi connectivity index (χ2v) is 6.12. The molecule has 0 aromatic carbocycles. The molecule has 6 heteroatoms. The third-order valence-corrected chi connectivity index (χ3v) is 4.30. The summed E-state index contributed by atoms with van der Waals surface area (Å²) >= 11 is 0. The molecule has 1 atom stereocenters. The fourth-order valence-corrected chi connectivity index (χ4v) is 2.75. The van der Waals surface area contributed by atoms with E-state index in [2.05, 4.69) is 4.72 Å². The van der Waals surface area contributed by atoms with Crippen molar-refractivity contribution in [3.8, 4) is 12.1 Å². The van der Waals surface area contributed by atoms with Gasteiger partial charge in [-0.15, -0.1) is 0 Å². The molecule has 0 saturated carbocycles. The van der Waals surface area contributed by atoms with Crippen molar-refractivity contribution in [2.45, 2.75) is 57.1 Å². The van der Waals surface area contributed by atoms with E-state index in [1.807, 2.05) is 19.1 Å². The normalized spacial score (nSPS) is 12.6. The van der Waals surface area contributed by atoms with Gasteiger partial charge in [0.05, 0.1) is 12.1 Å². The Morgan fingerprint density at radius 3 is 2.44 bits per heavy atom. The van der Waals surface area contributed by atoms with Crippen LogP contribution < -0.4 is 4.72 Å². The molecule has 0 aromatic heterocycles. The van der Waals surface area contributed by atoms with Gasteiger partial charge in [0.15, 0.2) is 5.25 Å². The molecule has 0 heterocycles. The number of rotatable bonds is 10. The number of unbranched alkanes of at least 4 members (excludes halogenated alkanes) is 4. The van der Waals surface area contributed by atoms with Crippen molar-refractivity contribution in [1.82, 2.24) is 4.72 Å². The van der Waals surface area contributed by atoms with Gasteiger partial charge in [-0.1, -0.05) is 26.2 Å². The Bertz CT molecular complexity index is 393. The Morgan fingerprint density at radius 1 is 1.17 bits per heavy atom. The predicted molar refractivity (Wildman–Crippen MR) is 69.9 cm³/mol. The largest absolute Gasteiger partial charge is 0.227 e. The molecule has 0 bridgehead atoms. The van der Waals surface area contributed by atoms with Crippen LogP contribution in [0.2, 0.25) is 0 Å². The molecule has 0 spiro atoms. The number of nitriles is 2. The van der Waals surface area contributed by atoms with Crippen molar-refractivity contribution in [1.29, 1.82) is 10.5 Å². The van der Waals surface area contributed by atoms with Crippen LogP contribution in [0, 0.1) is 22.7 Å². The topological polar surface area (TPSA) is 93.8 Å². The molecule has 18 heavy (non-hydrogen) atoms. The quantitative estimate of drug-likeness (QED) is 0.615. The molecular formula is C12H21N3O2S. The predicted octanol–water partition coefficient (Wildman–Crippen LogP) is 2.07. The van der Waals surface area contributed by atoms with E-state index in [-0.39, 0.29) is 0 Å². The van der Waals surface area contributed by atoms with Gasteiger partial charge >= 0.3 is 0 Å². The van der Waals surface area contributed by atoms with Gasteiger partial charge in [0.25, 0.3) is 0 Å². The van der Waals surface area contributed by atoms with E-state index in [0.29, 0.717) is 25.8 Å². The molecule has 0 aromatic rings. The van der Waals surface area contributed by atoms with Gasteiger partial charge in [-0.2, -0.15) is 10.5 Å². The van der Waals surface area contributed by atoms with E-state index in [1.54, 1.807) is 0 Å². The van der Waals surface area contributed by atoms with E-state index in [0.717, 1.165) is 25.7 Å². The maximum Gasteiger partial charge on any atom is 0.227 e. The van der Waals surface area contributed by atoms with Gasteiger partial charge in [-0.25, -0.2) is 13.1 Å². The highest BCUT2D eigenvalue weighted by Gasteiger charge is 2.23. The second kappa shape index (κ2) is 9.87. The van der Waals surface area contributed by atoms with E-state index in [1.165, 1.54) is 0 Å². The molecule has 0 saturated heterocycles. The Labute approximate surface area is 110 Å². The van der Waals surface area contributed by atoms with E-state index >= 15 is 0 Å². The lowest BCUT2D eigenvalue weighted by Crippen LogP contribution is -2.34. The first-order valence-corrected chi connectivity index (χ1v) is 7.88. The molecule has 102 valence electrons. The van der Waals surface area contributed by atoms with Crippen molar-refractivity contribution >= 4 is 10.0 Å². The molecular weight excluding hydrogens is 250 g/mol. The van der Waals surface area contributed by atoms with Crippen LogP contribution in [0.5, 0.6) is 0 Å². The van der Waals surface area contributed by atoms with Gasteiger partial charge in [-0.3, -0.25) is 0 Å². The third-order valence-electron chi connectivity index (χ3n) is 2.61. The maximum atomic E-state index is 11.8. The van der Waals surface area contributed by atoms with Crippen molar-refractivity contribution in [3.05, 3.63) is 0 Å². The average Bonchev–Trinajstić information content (AvgIpc) is 2.34. The average molecular weight is 271 g/mol. The number of hydrogen-bond acceptors (Lipinski definition) is 4. The smallest absolute Gasteiger partial charge is 0.214 e. The summed E-state index contributed by atoms with van der Waals surface area (Å²) in [6.07, 6.45) is 4.81. The van der Waals surface area contributed by atoms with E-state index in [9.17, 15) is 8.42 Å². The zero-order valence-corrected chi connectivity index (χ0v) is 11.7. The van der Waals surface area contributed by atoms with Gasteiger partial charge in [0.2, 0.25) is 10.0 Å². The fraction of sp³-hybridized carbons (Fsp3) is 0.833. The number of nitrogens with zero attached hydrogens (tertiary/aromatic N) is 2. The van der Waals surface area contributed by atoms with Crippen LogP contribution >= 0.6 is 0 Å². The minimum absolute atomic E-state index is 0.345. The lowest BCUT2D eigenvalue weighted by Gasteiger charge is -2.11. The molecule has 0 aliphatic rings. The molecule has 1 N–H and O–H groups in total. The molecule has 5 nitrogen and oxygen atoms in total. The van der Waals surface area contributed by atoms with Crippen LogP contribution in [0.15, 0.2) is 0 Å². The van der Waals surface area contributed by atoms with Crippen molar-refractivity contribution in [2.75, 3.05) is 6.54 Å². The van der Waals surface area contributed by atoms with Crippen LogP contribution in [0.3, 0.4) is 0 Å². The first kappa shape index (κ1) is 16.9. The fourth-order valence-electron chi connectivity index (χ4n) is 1.50. The molecule has 0 fully saturated rings. The van der Waals surface area contributed by atoms with Crippen LogP contribution in [-0.4, -0.2) is 20.2 Å². The molecule has 0 amide bonds. The lowest BCUT2D eigenvalue weighted by atomic mass is 10.2. The molecule has 0 radical (unpaired) electrons. The lowest BCUT2D eigenvalue weighted by molar-refractivity contribution is 0.560. The monoisotopic (exact) mass is 271 g/mol. The Kier molecular flexibility index (Phi) is 9.26. The summed E-state index contributed by atoms with van der Waals surface area (Å²) in [5, 5.41) is 16.2. The summed E-state index contributed by atoms with van der Waals surface area (Å²) < 4.78 is 26.0.